The summed E-state index contributed by atoms with van der Waals surface area (Å²) in [7, 11) is 0. The number of hydrogen-bond donors (Lipinski definition) is 2. The third-order valence-electron chi connectivity index (χ3n) is 4.20. The Balaban J connectivity index is 2.07. The predicted octanol–water partition coefficient (Wildman–Crippen LogP) is 1.87. The van der Waals surface area contributed by atoms with Crippen LogP contribution in [0.5, 0.6) is 0 Å². The number of hydrogen-bond acceptors (Lipinski definition) is 2. The van der Waals surface area contributed by atoms with Crippen molar-refractivity contribution in [2.75, 3.05) is 6.54 Å². The quantitative estimate of drug-likeness (QED) is 0.715. The van der Waals surface area contributed by atoms with Gasteiger partial charge < -0.3 is 10.3 Å². The average molecular weight is 326 g/mol. The van der Waals surface area contributed by atoms with Crippen LogP contribution in [-0.2, 0) is 5.41 Å². The lowest BCUT2D eigenvalue weighted by Crippen LogP contribution is -2.25. The Morgan fingerprint density at radius 3 is 3.12 bits per heavy atom. The molecule has 3 nitrogen and oxygen atoms in total. The van der Waals surface area contributed by atoms with E-state index in [1.165, 1.54) is 15.6 Å². The van der Waals surface area contributed by atoms with Gasteiger partial charge in [-0.25, -0.2) is 0 Å². The summed E-state index contributed by atoms with van der Waals surface area (Å²) < 4.78 is 1.25. The van der Waals surface area contributed by atoms with Gasteiger partial charge in [0.25, 0.3) is 0 Å². The minimum absolute atomic E-state index is 0.127. The van der Waals surface area contributed by atoms with Gasteiger partial charge in [-0.2, -0.15) is 0 Å². The highest BCUT2D eigenvalue weighted by Crippen LogP contribution is 2.64. The first kappa shape index (κ1) is 9.27. The number of carbonyl (C=O) groups excluding carboxylic acids is 1. The SMILES string of the molecule is Cc1[nH]c2c(c1I)[C@@]13C[C@@H]1CNC3=CC2=O. The van der Waals surface area contributed by atoms with Crippen molar-refractivity contribution in [3.05, 3.63) is 32.3 Å². The monoisotopic (exact) mass is 326 g/mol. The van der Waals surface area contributed by atoms with E-state index in [4.69, 9.17) is 0 Å². The second-order valence-corrected chi connectivity index (χ2v) is 6.07. The first-order valence-corrected chi connectivity index (χ1v) is 6.61. The second-order valence-electron chi connectivity index (χ2n) is 4.99. The highest BCUT2D eigenvalue weighted by atomic mass is 127. The lowest BCUT2D eigenvalue weighted by atomic mass is 9.86. The Bertz CT molecular complexity index is 572. The van der Waals surface area contributed by atoms with Crippen LogP contribution in [0.25, 0.3) is 0 Å². The van der Waals surface area contributed by atoms with Crippen molar-refractivity contribution in [3.8, 4) is 0 Å². The van der Waals surface area contributed by atoms with Gasteiger partial charge in [0.05, 0.1) is 5.69 Å². The third kappa shape index (κ3) is 0.815. The number of carbonyl (C=O) groups is 1. The number of nitrogens with one attached hydrogen (secondary N) is 2. The summed E-state index contributed by atoms with van der Waals surface area (Å²) in [6.45, 7) is 3.07. The van der Waals surface area contributed by atoms with Crippen molar-refractivity contribution in [2.24, 2.45) is 5.92 Å². The van der Waals surface area contributed by atoms with E-state index in [0.29, 0.717) is 5.92 Å². The molecule has 2 atom stereocenters. The van der Waals surface area contributed by atoms with Crippen LogP contribution in [0.3, 0.4) is 0 Å². The van der Waals surface area contributed by atoms with Gasteiger partial charge in [0.15, 0.2) is 0 Å². The summed E-state index contributed by atoms with van der Waals surface area (Å²) in [5, 5.41) is 3.38. The van der Waals surface area contributed by atoms with Crippen molar-refractivity contribution in [3.63, 3.8) is 0 Å². The molecular weight excluding hydrogens is 315 g/mol. The molecule has 1 aromatic rings. The highest BCUT2D eigenvalue weighted by Gasteiger charge is 2.65. The van der Waals surface area contributed by atoms with Gasteiger partial charge in [-0.15, -0.1) is 0 Å². The summed E-state index contributed by atoms with van der Waals surface area (Å²) in [6.07, 6.45) is 3.00. The molecule has 1 spiro atoms. The molecule has 4 heteroatoms. The fraction of sp³-hybridized carbons (Fsp3) is 0.417. The molecule has 3 aliphatic rings. The van der Waals surface area contributed by atoms with Crippen molar-refractivity contribution in [1.29, 1.82) is 0 Å². The maximum Gasteiger partial charge on any atom is 0.204 e. The van der Waals surface area contributed by atoms with E-state index in [1.54, 1.807) is 6.08 Å². The first-order valence-electron chi connectivity index (χ1n) is 5.53. The van der Waals surface area contributed by atoms with Crippen molar-refractivity contribution < 1.29 is 4.79 Å². The molecular formula is C12H11IN2O. The van der Waals surface area contributed by atoms with Gasteiger partial charge in [0, 0.05) is 38.6 Å². The fourth-order valence-electron chi connectivity index (χ4n) is 3.33. The molecule has 1 saturated heterocycles. The Kier molecular flexibility index (Phi) is 1.48. The minimum Gasteiger partial charge on any atom is -0.387 e. The molecule has 1 saturated carbocycles. The predicted molar refractivity (Wildman–Crippen MR) is 68.4 cm³/mol. The number of ketones is 1. The summed E-state index contributed by atoms with van der Waals surface area (Å²) >= 11 is 2.37. The molecule has 0 radical (unpaired) electrons. The van der Waals surface area contributed by atoms with Gasteiger partial charge in [-0.1, -0.05) is 0 Å². The average Bonchev–Trinajstić information content (AvgIpc) is 2.74. The van der Waals surface area contributed by atoms with Gasteiger partial charge in [0.2, 0.25) is 5.78 Å². The Morgan fingerprint density at radius 2 is 2.38 bits per heavy atom. The number of fused-ring (bicyclic) bond motifs is 1. The lowest BCUT2D eigenvalue weighted by Gasteiger charge is -2.21. The maximum atomic E-state index is 12.0. The zero-order chi connectivity index (χ0) is 11.1. The summed E-state index contributed by atoms with van der Waals surface area (Å²) in [5.41, 5.74) is 4.55. The van der Waals surface area contributed by atoms with Crippen LogP contribution < -0.4 is 5.32 Å². The number of halogens is 1. The maximum absolute atomic E-state index is 12.0. The number of allylic oxidation sites excluding steroid dienone is 2. The van der Waals surface area contributed by atoms with Crippen LogP contribution in [0.2, 0.25) is 0 Å². The molecule has 82 valence electrons. The third-order valence-corrected chi connectivity index (χ3v) is 5.55. The summed E-state index contributed by atoms with van der Waals surface area (Å²) in [6, 6.07) is 0. The van der Waals surface area contributed by atoms with Crippen molar-refractivity contribution >= 4 is 28.4 Å². The topological polar surface area (TPSA) is 44.9 Å². The number of piperidine rings is 1. The van der Waals surface area contributed by atoms with E-state index in [0.717, 1.165) is 23.6 Å². The second kappa shape index (κ2) is 2.55. The molecule has 0 amide bonds. The summed E-state index contributed by atoms with van der Waals surface area (Å²) in [4.78, 5) is 15.3. The molecule has 1 aliphatic heterocycles. The molecule has 2 heterocycles. The number of rotatable bonds is 0. The van der Waals surface area contributed by atoms with Gasteiger partial charge >= 0.3 is 0 Å². The first-order chi connectivity index (χ1) is 7.64. The van der Waals surface area contributed by atoms with Crippen LogP contribution in [0.15, 0.2) is 11.8 Å². The molecule has 2 fully saturated rings. The molecule has 2 aliphatic carbocycles. The standard InChI is InChI=1S/C12H11IN2O/c1-5-10(13)9-11(15-5)7(16)2-8-12(9)3-6(12)4-14-8/h2,6,14-15H,3-4H2,1H3/t6-,12+/m1/s1. The van der Waals surface area contributed by atoms with Gasteiger partial charge in [-0.3, -0.25) is 4.79 Å². The molecule has 0 bridgehead atoms. The number of aromatic amines is 1. The molecule has 0 aromatic carbocycles. The van der Waals surface area contributed by atoms with E-state index in [9.17, 15) is 4.79 Å². The van der Waals surface area contributed by atoms with Crippen LogP contribution in [-0.4, -0.2) is 17.3 Å². The van der Waals surface area contributed by atoms with Crippen LogP contribution in [0.4, 0.5) is 0 Å². The molecule has 2 N–H and O–H groups in total. The van der Waals surface area contributed by atoms with Crippen molar-refractivity contribution in [2.45, 2.75) is 18.8 Å². The van der Waals surface area contributed by atoms with Crippen LogP contribution in [0.1, 0.15) is 28.2 Å². The Labute approximate surface area is 107 Å². The number of aryl methyl sites for hydroxylation is 1. The minimum atomic E-state index is 0.127. The van der Waals surface area contributed by atoms with Crippen LogP contribution >= 0.6 is 22.6 Å². The van der Waals surface area contributed by atoms with E-state index in [-0.39, 0.29) is 11.2 Å². The number of H-pyrrole nitrogens is 1. The number of aromatic nitrogens is 1. The lowest BCUT2D eigenvalue weighted by molar-refractivity contribution is 0.103. The fourth-order valence-corrected chi connectivity index (χ4v) is 4.21. The van der Waals surface area contributed by atoms with E-state index >= 15 is 0 Å². The molecule has 4 rings (SSSR count). The smallest absolute Gasteiger partial charge is 0.204 e. The summed E-state index contributed by atoms with van der Waals surface area (Å²) in [5.74, 6) is 0.830. The van der Waals surface area contributed by atoms with E-state index in [2.05, 4.69) is 32.9 Å². The molecule has 16 heavy (non-hydrogen) atoms. The highest BCUT2D eigenvalue weighted by molar-refractivity contribution is 14.1. The van der Waals surface area contributed by atoms with Gasteiger partial charge in [-0.05, 0) is 41.9 Å². The molecule has 1 aromatic heterocycles. The molecule has 0 unspecified atom stereocenters. The van der Waals surface area contributed by atoms with Crippen molar-refractivity contribution in [1.82, 2.24) is 10.3 Å². The zero-order valence-electron chi connectivity index (χ0n) is 8.86. The van der Waals surface area contributed by atoms with E-state index < -0.39 is 0 Å². The van der Waals surface area contributed by atoms with Crippen LogP contribution in [0, 0.1) is 16.4 Å². The zero-order valence-corrected chi connectivity index (χ0v) is 11.0. The van der Waals surface area contributed by atoms with E-state index in [1.807, 2.05) is 6.92 Å². The van der Waals surface area contributed by atoms with Gasteiger partial charge in [0.1, 0.15) is 0 Å². The largest absolute Gasteiger partial charge is 0.387 e. The normalized spacial score (nSPS) is 33.8. The Hall–Kier alpha value is -0.780. The Morgan fingerprint density at radius 1 is 1.56 bits per heavy atom.